The van der Waals surface area contributed by atoms with Gasteiger partial charge in [0.05, 0.1) is 5.39 Å². The van der Waals surface area contributed by atoms with Crippen LogP contribution < -0.4 is 10.7 Å². The molecule has 0 bridgehead atoms. The molecular weight excluding hydrogens is 422 g/mol. The third-order valence-electron chi connectivity index (χ3n) is 5.02. The van der Waals surface area contributed by atoms with Gasteiger partial charge in [-0.15, -0.1) is 0 Å². The van der Waals surface area contributed by atoms with Gasteiger partial charge in [0.1, 0.15) is 11.3 Å². The summed E-state index contributed by atoms with van der Waals surface area (Å²) in [5.74, 6) is -1.89. The largest absolute Gasteiger partial charge is 0.455 e. The van der Waals surface area contributed by atoms with Crippen molar-refractivity contribution in [3.05, 3.63) is 106 Å². The number of carbonyl (C=O) groups is 3. The molecule has 0 saturated heterocycles. The summed E-state index contributed by atoms with van der Waals surface area (Å²) in [5, 5.41) is 2.39. The lowest BCUT2D eigenvalue weighted by atomic mass is 10.0. The summed E-state index contributed by atoms with van der Waals surface area (Å²) >= 11 is 0. The highest BCUT2D eigenvalue weighted by Gasteiger charge is 2.20. The van der Waals surface area contributed by atoms with Gasteiger partial charge >= 0.3 is 5.97 Å². The summed E-state index contributed by atoms with van der Waals surface area (Å²) in [5.41, 5.74) is 1.21. The fourth-order valence-electron chi connectivity index (χ4n) is 3.37. The van der Waals surface area contributed by atoms with Crippen LogP contribution in [0.3, 0.4) is 0 Å². The van der Waals surface area contributed by atoms with Crippen molar-refractivity contribution in [1.29, 1.82) is 0 Å². The van der Waals surface area contributed by atoms with Crippen LogP contribution in [-0.4, -0.2) is 24.4 Å². The van der Waals surface area contributed by atoms with Gasteiger partial charge in [-0.3, -0.25) is 19.7 Å². The molecule has 0 fully saturated rings. The van der Waals surface area contributed by atoms with E-state index in [-0.39, 0.29) is 22.0 Å². The minimum Gasteiger partial charge on any atom is -0.455 e. The van der Waals surface area contributed by atoms with Crippen LogP contribution in [0.2, 0.25) is 0 Å². The molecule has 33 heavy (non-hydrogen) atoms. The van der Waals surface area contributed by atoms with Crippen molar-refractivity contribution in [3.8, 4) is 11.3 Å². The Morgan fingerprint density at radius 1 is 0.879 bits per heavy atom. The Hall–Kier alpha value is -4.52. The summed E-state index contributed by atoms with van der Waals surface area (Å²) < 4.78 is 11.1. The third kappa shape index (κ3) is 4.57. The Balaban J connectivity index is 1.57. The molecule has 1 N–H and O–H groups in total. The van der Waals surface area contributed by atoms with E-state index in [9.17, 15) is 19.2 Å². The maximum Gasteiger partial charge on any atom is 0.342 e. The van der Waals surface area contributed by atoms with Gasteiger partial charge in [0.25, 0.3) is 11.8 Å². The molecule has 0 unspecified atom stereocenters. The standard InChI is InChI=1S/C26H19NO6/c1-16-22(29)19-13-8-14-20(24(19)33-23(16)17-9-4-2-5-10-17)26(31)32-15-21(28)27-25(30)18-11-6-3-7-12-18/h2-14H,15H2,1H3,(H,27,28,30). The number of amides is 2. The maximum atomic E-state index is 12.9. The molecule has 7 nitrogen and oxygen atoms in total. The number of carbonyl (C=O) groups excluding carboxylic acids is 3. The highest BCUT2D eigenvalue weighted by Crippen LogP contribution is 2.27. The van der Waals surface area contributed by atoms with Crippen LogP contribution >= 0.6 is 0 Å². The van der Waals surface area contributed by atoms with Gasteiger partial charge in [0, 0.05) is 16.7 Å². The van der Waals surface area contributed by atoms with E-state index in [0.717, 1.165) is 0 Å². The monoisotopic (exact) mass is 441 g/mol. The molecule has 0 aliphatic carbocycles. The second kappa shape index (κ2) is 9.32. The third-order valence-corrected chi connectivity index (χ3v) is 5.02. The molecule has 4 aromatic rings. The Morgan fingerprint density at radius 3 is 2.24 bits per heavy atom. The van der Waals surface area contributed by atoms with E-state index in [4.69, 9.17) is 9.15 Å². The van der Waals surface area contributed by atoms with Crippen LogP contribution in [0.5, 0.6) is 0 Å². The molecule has 0 aliphatic rings. The average Bonchev–Trinajstić information content (AvgIpc) is 2.85. The second-order valence-corrected chi connectivity index (χ2v) is 7.25. The Kier molecular flexibility index (Phi) is 6.13. The zero-order valence-electron chi connectivity index (χ0n) is 17.7. The highest BCUT2D eigenvalue weighted by molar-refractivity contribution is 6.06. The zero-order chi connectivity index (χ0) is 23.4. The normalized spacial score (nSPS) is 10.6. The molecule has 0 radical (unpaired) electrons. The first-order valence-electron chi connectivity index (χ1n) is 10.1. The second-order valence-electron chi connectivity index (χ2n) is 7.25. The first-order chi connectivity index (χ1) is 16.0. The maximum absolute atomic E-state index is 12.9. The van der Waals surface area contributed by atoms with E-state index in [1.54, 1.807) is 55.5 Å². The lowest BCUT2D eigenvalue weighted by Gasteiger charge is -2.10. The van der Waals surface area contributed by atoms with Crippen LogP contribution in [0.25, 0.3) is 22.3 Å². The van der Waals surface area contributed by atoms with Crippen molar-refractivity contribution in [3.63, 3.8) is 0 Å². The SMILES string of the molecule is Cc1c(-c2ccccc2)oc2c(C(=O)OCC(=O)NC(=O)c3ccccc3)cccc2c1=O. The molecule has 3 aromatic carbocycles. The lowest BCUT2D eigenvalue weighted by molar-refractivity contribution is -0.123. The molecule has 4 rings (SSSR count). The molecule has 0 atom stereocenters. The predicted octanol–water partition coefficient (Wildman–Crippen LogP) is 3.88. The van der Waals surface area contributed by atoms with Crippen LogP contribution in [0.4, 0.5) is 0 Å². The van der Waals surface area contributed by atoms with Crippen molar-refractivity contribution in [2.45, 2.75) is 6.92 Å². The molecule has 0 spiro atoms. The fraction of sp³-hybridized carbons (Fsp3) is 0.0769. The van der Waals surface area contributed by atoms with Gasteiger partial charge in [0.2, 0.25) is 0 Å². The summed E-state index contributed by atoms with van der Waals surface area (Å²) in [6.07, 6.45) is 0. The smallest absolute Gasteiger partial charge is 0.342 e. The average molecular weight is 441 g/mol. The first kappa shape index (κ1) is 21.7. The summed E-state index contributed by atoms with van der Waals surface area (Å²) in [6.45, 7) is 0.988. The Morgan fingerprint density at radius 2 is 1.55 bits per heavy atom. The summed E-state index contributed by atoms with van der Waals surface area (Å²) in [4.78, 5) is 49.8. The summed E-state index contributed by atoms with van der Waals surface area (Å²) in [6, 6.07) is 21.8. The van der Waals surface area contributed by atoms with Crippen molar-refractivity contribution >= 4 is 28.8 Å². The summed E-state index contributed by atoms with van der Waals surface area (Å²) in [7, 11) is 0. The lowest BCUT2D eigenvalue weighted by Crippen LogP contribution is -2.34. The highest BCUT2D eigenvalue weighted by atomic mass is 16.5. The quantitative estimate of drug-likeness (QED) is 0.472. The molecule has 2 amide bonds. The van der Waals surface area contributed by atoms with Crippen molar-refractivity contribution in [2.75, 3.05) is 6.61 Å². The van der Waals surface area contributed by atoms with Crippen LogP contribution in [0.15, 0.2) is 88.1 Å². The minimum atomic E-state index is -0.853. The molecular formula is C26H19NO6. The number of hydrogen-bond acceptors (Lipinski definition) is 6. The minimum absolute atomic E-state index is 0.00367. The van der Waals surface area contributed by atoms with Gasteiger partial charge in [-0.25, -0.2) is 4.79 Å². The first-order valence-corrected chi connectivity index (χ1v) is 10.1. The number of ether oxygens (including phenoxy) is 1. The van der Waals surface area contributed by atoms with Gasteiger partial charge in [0.15, 0.2) is 17.6 Å². The van der Waals surface area contributed by atoms with Crippen molar-refractivity contribution in [2.24, 2.45) is 0 Å². The van der Waals surface area contributed by atoms with E-state index < -0.39 is 24.4 Å². The van der Waals surface area contributed by atoms with Crippen LogP contribution in [-0.2, 0) is 9.53 Å². The fourth-order valence-corrected chi connectivity index (χ4v) is 3.37. The Bertz CT molecular complexity index is 1410. The van der Waals surface area contributed by atoms with E-state index >= 15 is 0 Å². The molecule has 7 heteroatoms. The van der Waals surface area contributed by atoms with Gasteiger partial charge in [-0.1, -0.05) is 54.6 Å². The number of imide groups is 1. The van der Waals surface area contributed by atoms with Crippen LogP contribution in [0, 0.1) is 6.92 Å². The topological polar surface area (TPSA) is 103 Å². The predicted molar refractivity (Wildman–Crippen MR) is 122 cm³/mol. The van der Waals surface area contributed by atoms with Crippen molar-refractivity contribution in [1.82, 2.24) is 5.32 Å². The molecule has 0 saturated carbocycles. The Labute approximate surface area is 188 Å². The number of hydrogen-bond donors (Lipinski definition) is 1. The number of nitrogens with one attached hydrogen (secondary N) is 1. The molecule has 1 aromatic heterocycles. The van der Waals surface area contributed by atoms with Gasteiger partial charge in [-0.2, -0.15) is 0 Å². The van der Waals surface area contributed by atoms with Crippen molar-refractivity contribution < 1.29 is 23.5 Å². The van der Waals surface area contributed by atoms with E-state index in [1.165, 1.54) is 12.1 Å². The number of para-hydroxylation sites is 1. The van der Waals surface area contributed by atoms with E-state index in [0.29, 0.717) is 22.5 Å². The van der Waals surface area contributed by atoms with Gasteiger partial charge in [-0.05, 0) is 31.2 Å². The molecule has 164 valence electrons. The van der Waals surface area contributed by atoms with Gasteiger partial charge < -0.3 is 9.15 Å². The van der Waals surface area contributed by atoms with E-state index in [2.05, 4.69) is 5.32 Å². The number of esters is 1. The van der Waals surface area contributed by atoms with Crippen LogP contribution in [0.1, 0.15) is 26.3 Å². The molecule has 1 heterocycles. The van der Waals surface area contributed by atoms with E-state index in [1.807, 2.05) is 18.2 Å². The molecule has 0 aliphatic heterocycles. The number of benzene rings is 3. The zero-order valence-corrected chi connectivity index (χ0v) is 17.7. The number of fused-ring (bicyclic) bond motifs is 1. The number of rotatable bonds is 5.